The lowest BCUT2D eigenvalue weighted by Crippen LogP contribution is -2.36. The Morgan fingerprint density at radius 3 is 2.74 bits per heavy atom. The highest BCUT2D eigenvalue weighted by Crippen LogP contribution is 2.31. The number of carbonyl (C=O) groups is 2. The molecule has 0 bridgehead atoms. The Morgan fingerprint density at radius 1 is 1.16 bits per heavy atom. The first-order valence-corrected chi connectivity index (χ1v) is 10.4. The highest BCUT2D eigenvalue weighted by molar-refractivity contribution is 6.36. The number of halogens is 2. The molecular weight excluding hydrogens is 437 g/mol. The van der Waals surface area contributed by atoms with Gasteiger partial charge in [-0.2, -0.15) is 5.10 Å². The first-order valence-electron chi connectivity index (χ1n) is 9.69. The Bertz CT molecular complexity index is 1130. The zero-order valence-electron chi connectivity index (χ0n) is 16.4. The van der Waals surface area contributed by atoms with Crippen LogP contribution < -0.4 is 5.43 Å². The average Bonchev–Trinajstić information content (AvgIpc) is 3.36. The normalized spacial score (nSPS) is 16.3. The van der Waals surface area contributed by atoms with Crippen molar-refractivity contribution in [1.29, 1.82) is 0 Å². The topological polar surface area (TPSA) is 74.9 Å². The summed E-state index contributed by atoms with van der Waals surface area (Å²) in [5.41, 5.74) is 4.24. The van der Waals surface area contributed by atoms with Crippen LogP contribution in [0.4, 0.5) is 0 Å². The Hall–Kier alpha value is -3.09. The number of likely N-dealkylation sites (tertiary alicyclic amines) is 1. The minimum atomic E-state index is -0.370. The first-order chi connectivity index (χ1) is 15.0. The molecule has 1 atom stereocenters. The molecule has 31 heavy (non-hydrogen) atoms. The van der Waals surface area contributed by atoms with E-state index in [-0.39, 0.29) is 24.3 Å². The third-order valence-corrected chi connectivity index (χ3v) is 5.57. The predicted octanol–water partition coefficient (Wildman–Crippen LogP) is 4.72. The zero-order chi connectivity index (χ0) is 21.8. The number of hydrogen-bond acceptors (Lipinski definition) is 4. The lowest BCUT2D eigenvalue weighted by atomic mass is 9.99. The number of carbonyl (C=O) groups excluding carboxylic acids is 2. The molecule has 1 N–H and O–H groups in total. The highest BCUT2D eigenvalue weighted by atomic mass is 35.5. The number of nitrogens with zero attached hydrogens (tertiary/aromatic N) is 2. The summed E-state index contributed by atoms with van der Waals surface area (Å²) in [7, 11) is 0. The summed E-state index contributed by atoms with van der Waals surface area (Å²) in [5, 5.41) is 4.93. The molecule has 0 radical (unpaired) electrons. The van der Waals surface area contributed by atoms with Crippen molar-refractivity contribution in [2.75, 3.05) is 13.1 Å². The third-order valence-electron chi connectivity index (χ3n) is 5.02. The van der Waals surface area contributed by atoms with Crippen molar-refractivity contribution in [3.05, 3.63) is 82.0 Å². The molecule has 2 amide bonds. The summed E-state index contributed by atoms with van der Waals surface area (Å²) < 4.78 is 5.69. The van der Waals surface area contributed by atoms with Crippen LogP contribution in [0.1, 0.15) is 23.7 Å². The molecule has 4 rings (SSSR count). The minimum Gasteiger partial charge on any atom is -0.455 e. The molecule has 6 nitrogen and oxygen atoms in total. The maximum Gasteiger partial charge on any atom is 0.259 e. The second kappa shape index (κ2) is 9.37. The quantitative estimate of drug-likeness (QED) is 0.431. The molecule has 1 aliphatic rings. The van der Waals surface area contributed by atoms with E-state index in [0.29, 0.717) is 40.1 Å². The number of nitrogens with one attached hydrogen (secondary N) is 1. The van der Waals surface area contributed by atoms with Crippen molar-refractivity contribution in [3.63, 3.8) is 0 Å². The van der Waals surface area contributed by atoms with Crippen LogP contribution in [0.3, 0.4) is 0 Å². The molecule has 3 aromatic rings. The Kier molecular flexibility index (Phi) is 6.39. The lowest BCUT2D eigenvalue weighted by Gasteiger charge is -2.15. The summed E-state index contributed by atoms with van der Waals surface area (Å²) >= 11 is 12.1. The van der Waals surface area contributed by atoms with Crippen LogP contribution in [0.2, 0.25) is 10.0 Å². The fourth-order valence-electron chi connectivity index (χ4n) is 3.51. The molecule has 2 aromatic carbocycles. The van der Waals surface area contributed by atoms with E-state index in [4.69, 9.17) is 27.6 Å². The van der Waals surface area contributed by atoms with Gasteiger partial charge in [0.2, 0.25) is 5.91 Å². The largest absolute Gasteiger partial charge is 0.455 e. The van der Waals surface area contributed by atoms with E-state index < -0.39 is 0 Å². The standard InChI is InChI=1S/C23H19Cl2N3O3/c24-17-6-8-19(20(25)11-17)21-9-7-18(31-21)12-26-27-22(29)14-28-13-16(10-23(28)30)15-4-2-1-3-5-15/h1-9,11-12,16H,10,13-14H2,(H,27,29). The van der Waals surface area contributed by atoms with Crippen molar-refractivity contribution >= 4 is 41.2 Å². The maximum absolute atomic E-state index is 12.2. The fourth-order valence-corrected chi connectivity index (χ4v) is 4.01. The summed E-state index contributed by atoms with van der Waals surface area (Å²) in [6, 6.07) is 18.4. The van der Waals surface area contributed by atoms with Gasteiger partial charge in [0.1, 0.15) is 18.1 Å². The first kappa shape index (κ1) is 21.2. The number of hydrogen-bond donors (Lipinski definition) is 1. The number of hydrazone groups is 1. The second-order valence-electron chi connectivity index (χ2n) is 7.21. The van der Waals surface area contributed by atoms with Crippen molar-refractivity contribution < 1.29 is 14.0 Å². The van der Waals surface area contributed by atoms with Crippen molar-refractivity contribution in [1.82, 2.24) is 10.3 Å². The van der Waals surface area contributed by atoms with E-state index >= 15 is 0 Å². The van der Waals surface area contributed by atoms with Gasteiger partial charge in [-0.15, -0.1) is 0 Å². The molecule has 0 saturated carbocycles. The lowest BCUT2D eigenvalue weighted by molar-refractivity contribution is -0.133. The summed E-state index contributed by atoms with van der Waals surface area (Å²) in [6.45, 7) is 0.479. The minimum absolute atomic E-state index is 0.0384. The van der Waals surface area contributed by atoms with Crippen LogP contribution >= 0.6 is 23.2 Å². The van der Waals surface area contributed by atoms with Gasteiger partial charge in [0.25, 0.3) is 5.91 Å². The van der Waals surface area contributed by atoms with E-state index in [1.165, 1.54) is 6.21 Å². The van der Waals surface area contributed by atoms with E-state index in [1.54, 1.807) is 35.2 Å². The molecule has 1 unspecified atom stereocenters. The van der Waals surface area contributed by atoms with Gasteiger partial charge in [-0.1, -0.05) is 53.5 Å². The van der Waals surface area contributed by atoms with E-state index in [2.05, 4.69) is 10.5 Å². The Morgan fingerprint density at radius 2 is 1.97 bits per heavy atom. The zero-order valence-corrected chi connectivity index (χ0v) is 17.9. The van der Waals surface area contributed by atoms with Gasteiger partial charge >= 0.3 is 0 Å². The molecule has 8 heteroatoms. The number of furan rings is 1. The van der Waals surface area contributed by atoms with Gasteiger partial charge in [-0.25, -0.2) is 5.43 Å². The Labute approximate surface area is 189 Å². The molecular formula is C23H19Cl2N3O3. The smallest absolute Gasteiger partial charge is 0.259 e. The fraction of sp³-hybridized carbons (Fsp3) is 0.174. The van der Waals surface area contributed by atoms with Crippen LogP contribution in [0.15, 0.2) is 70.2 Å². The molecule has 0 aliphatic carbocycles. The highest BCUT2D eigenvalue weighted by Gasteiger charge is 2.31. The maximum atomic E-state index is 12.2. The van der Waals surface area contributed by atoms with E-state index in [0.717, 1.165) is 5.56 Å². The van der Waals surface area contributed by atoms with Crippen LogP contribution in [0.25, 0.3) is 11.3 Å². The monoisotopic (exact) mass is 455 g/mol. The van der Waals surface area contributed by atoms with Gasteiger partial charge < -0.3 is 9.32 Å². The predicted molar refractivity (Wildman–Crippen MR) is 120 cm³/mol. The molecule has 2 heterocycles. The van der Waals surface area contributed by atoms with Gasteiger partial charge in [-0.05, 0) is 35.9 Å². The van der Waals surface area contributed by atoms with Crippen LogP contribution in [0.5, 0.6) is 0 Å². The number of benzene rings is 2. The SMILES string of the molecule is O=C(CN1CC(c2ccccc2)CC1=O)NN=Cc1ccc(-c2ccc(Cl)cc2Cl)o1. The second-order valence-corrected chi connectivity index (χ2v) is 8.05. The molecule has 0 spiro atoms. The molecule has 1 aliphatic heterocycles. The average molecular weight is 456 g/mol. The molecule has 1 saturated heterocycles. The summed E-state index contributed by atoms with van der Waals surface area (Å²) in [6.07, 6.45) is 1.80. The van der Waals surface area contributed by atoms with Crippen molar-refractivity contribution in [2.45, 2.75) is 12.3 Å². The molecule has 1 aromatic heterocycles. The number of amides is 2. The van der Waals surface area contributed by atoms with Crippen molar-refractivity contribution in [3.8, 4) is 11.3 Å². The summed E-state index contributed by atoms with van der Waals surface area (Å²) in [4.78, 5) is 26.0. The van der Waals surface area contributed by atoms with Gasteiger partial charge in [0, 0.05) is 29.5 Å². The molecule has 158 valence electrons. The summed E-state index contributed by atoms with van der Waals surface area (Å²) in [5.74, 6) is 0.701. The van der Waals surface area contributed by atoms with Crippen LogP contribution in [-0.2, 0) is 9.59 Å². The van der Waals surface area contributed by atoms with Gasteiger partial charge in [0.05, 0.1) is 11.2 Å². The Balaban J connectivity index is 1.31. The number of rotatable bonds is 6. The van der Waals surface area contributed by atoms with Crippen LogP contribution in [-0.4, -0.2) is 36.0 Å². The van der Waals surface area contributed by atoms with Gasteiger partial charge in [0.15, 0.2) is 0 Å². The third kappa shape index (κ3) is 5.16. The van der Waals surface area contributed by atoms with Gasteiger partial charge in [-0.3, -0.25) is 9.59 Å². The van der Waals surface area contributed by atoms with E-state index in [1.807, 2.05) is 30.3 Å². The molecule has 1 fully saturated rings. The van der Waals surface area contributed by atoms with E-state index in [9.17, 15) is 9.59 Å². The van der Waals surface area contributed by atoms with Crippen molar-refractivity contribution in [2.24, 2.45) is 5.10 Å². The van der Waals surface area contributed by atoms with Crippen LogP contribution in [0, 0.1) is 0 Å².